The van der Waals surface area contributed by atoms with Crippen molar-refractivity contribution in [3.05, 3.63) is 46.9 Å². The van der Waals surface area contributed by atoms with Crippen LogP contribution in [-0.4, -0.2) is 11.8 Å². The van der Waals surface area contributed by atoms with Crippen LogP contribution in [0.3, 0.4) is 0 Å². The van der Waals surface area contributed by atoms with E-state index in [0.29, 0.717) is 29.2 Å². The van der Waals surface area contributed by atoms with Crippen molar-refractivity contribution in [3.8, 4) is 0 Å². The highest BCUT2D eigenvalue weighted by molar-refractivity contribution is 6.06. The Hall–Kier alpha value is -2.56. The van der Waals surface area contributed by atoms with Crippen LogP contribution in [0, 0.1) is 13.8 Å². The third kappa shape index (κ3) is 2.18. The van der Waals surface area contributed by atoms with E-state index in [9.17, 15) is 9.59 Å². The van der Waals surface area contributed by atoms with Crippen LogP contribution in [0.1, 0.15) is 27.4 Å². The number of hydrogen-bond acceptors (Lipinski definition) is 3. The molecular weight excluding hydrogens is 256 g/mol. The number of anilines is 2. The molecule has 1 aromatic carbocycles. The van der Waals surface area contributed by atoms with Gasteiger partial charge in [-0.15, -0.1) is 0 Å². The first kappa shape index (κ1) is 12.5. The van der Waals surface area contributed by atoms with Crippen molar-refractivity contribution in [2.24, 2.45) is 0 Å². The molecule has 0 saturated carbocycles. The second-order valence-electron chi connectivity index (χ2n) is 4.88. The summed E-state index contributed by atoms with van der Waals surface area (Å²) in [7, 11) is 0. The quantitative estimate of drug-likeness (QED) is 0.881. The van der Waals surface area contributed by atoms with Gasteiger partial charge in [-0.2, -0.15) is 0 Å². The highest BCUT2D eigenvalue weighted by Gasteiger charge is 2.19. The van der Waals surface area contributed by atoms with E-state index >= 15 is 0 Å². The monoisotopic (exact) mass is 270 g/mol. The maximum absolute atomic E-state index is 12.2. The van der Waals surface area contributed by atoms with Gasteiger partial charge in [-0.1, -0.05) is 0 Å². The average Bonchev–Trinajstić information content (AvgIpc) is 2.90. The standard InChI is InChI=1S/C15H14N2O3/c1-8-5-12(9(2)20-8)15(19)16-11-3-4-13-10(6-11)7-14(18)17-13/h3-6H,7H2,1-2H3,(H,16,19)(H,17,18). The summed E-state index contributed by atoms with van der Waals surface area (Å²) in [6.45, 7) is 3.56. The molecule has 0 radical (unpaired) electrons. The number of fused-ring (bicyclic) bond motifs is 1. The van der Waals surface area contributed by atoms with E-state index in [4.69, 9.17) is 4.42 Å². The van der Waals surface area contributed by atoms with E-state index in [1.807, 2.05) is 6.07 Å². The number of aryl methyl sites for hydroxylation is 2. The predicted octanol–water partition coefficient (Wildman–Crippen LogP) is 2.64. The van der Waals surface area contributed by atoms with Crippen LogP contribution >= 0.6 is 0 Å². The van der Waals surface area contributed by atoms with Gasteiger partial charge in [-0.25, -0.2) is 0 Å². The Balaban J connectivity index is 1.82. The van der Waals surface area contributed by atoms with E-state index in [1.54, 1.807) is 32.0 Å². The van der Waals surface area contributed by atoms with Gasteiger partial charge in [0.2, 0.25) is 5.91 Å². The molecule has 5 heteroatoms. The van der Waals surface area contributed by atoms with E-state index < -0.39 is 0 Å². The van der Waals surface area contributed by atoms with Gasteiger partial charge < -0.3 is 15.1 Å². The molecule has 20 heavy (non-hydrogen) atoms. The van der Waals surface area contributed by atoms with Gasteiger partial charge in [0.25, 0.3) is 5.91 Å². The summed E-state index contributed by atoms with van der Waals surface area (Å²) in [4.78, 5) is 23.5. The van der Waals surface area contributed by atoms with Gasteiger partial charge in [0.05, 0.1) is 12.0 Å². The average molecular weight is 270 g/mol. The molecule has 5 nitrogen and oxygen atoms in total. The first-order chi connectivity index (χ1) is 9.52. The maximum atomic E-state index is 12.2. The Morgan fingerprint density at radius 2 is 2.10 bits per heavy atom. The van der Waals surface area contributed by atoms with Gasteiger partial charge in [0.15, 0.2) is 0 Å². The fourth-order valence-electron chi connectivity index (χ4n) is 2.36. The minimum Gasteiger partial charge on any atom is -0.466 e. The minimum atomic E-state index is -0.211. The van der Waals surface area contributed by atoms with E-state index in [2.05, 4.69) is 10.6 Å². The molecule has 0 atom stereocenters. The van der Waals surface area contributed by atoms with Gasteiger partial charge in [-0.05, 0) is 43.7 Å². The second kappa shape index (κ2) is 4.52. The molecule has 1 aliphatic rings. The lowest BCUT2D eigenvalue weighted by atomic mass is 10.1. The SMILES string of the molecule is Cc1cc(C(=O)Nc2ccc3c(c2)CC(=O)N3)c(C)o1. The van der Waals surface area contributed by atoms with Crippen LogP contribution in [-0.2, 0) is 11.2 Å². The molecule has 1 aliphatic heterocycles. The van der Waals surface area contributed by atoms with E-state index in [0.717, 1.165) is 11.3 Å². The molecule has 0 fully saturated rings. The summed E-state index contributed by atoms with van der Waals surface area (Å²) in [5.74, 6) is 1.07. The zero-order valence-corrected chi connectivity index (χ0v) is 11.2. The molecule has 0 saturated heterocycles. The molecule has 2 aromatic rings. The lowest BCUT2D eigenvalue weighted by Crippen LogP contribution is -2.12. The topological polar surface area (TPSA) is 71.3 Å². The zero-order valence-electron chi connectivity index (χ0n) is 11.2. The smallest absolute Gasteiger partial charge is 0.259 e. The predicted molar refractivity (Wildman–Crippen MR) is 74.9 cm³/mol. The number of carbonyl (C=O) groups excluding carboxylic acids is 2. The van der Waals surface area contributed by atoms with Crippen molar-refractivity contribution < 1.29 is 14.0 Å². The van der Waals surface area contributed by atoms with Crippen LogP contribution in [0.4, 0.5) is 11.4 Å². The van der Waals surface area contributed by atoms with Crippen molar-refractivity contribution in [3.63, 3.8) is 0 Å². The highest BCUT2D eigenvalue weighted by atomic mass is 16.3. The molecule has 102 valence electrons. The van der Waals surface area contributed by atoms with Crippen LogP contribution < -0.4 is 10.6 Å². The summed E-state index contributed by atoms with van der Waals surface area (Å²) in [6.07, 6.45) is 0.350. The van der Waals surface area contributed by atoms with Gasteiger partial charge >= 0.3 is 0 Å². The summed E-state index contributed by atoms with van der Waals surface area (Å²) >= 11 is 0. The number of carbonyl (C=O) groups is 2. The molecule has 0 bridgehead atoms. The molecule has 2 amide bonds. The molecule has 3 rings (SSSR count). The molecule has 0 spiro atoms. The Morgan fingerprint density at radius 3 is 2.80 bits per heavy atom. The Morgan fingerprint density at radius 1 is 1.30 bits per heavy atom. The number of hydrogen-bond donors (Lipinski definition) is 2. The normalized spacial score (nSPS) is 13.0. The van der Waals surface area contributed by atoms with Crippen molar-refractivity contribution in [2.75, 3.05) is 10.6 Å². The molecule has 0 aliphatic carbocycles. The number of rotatable bonds is 2. The van der Waals surface area contributed by atoms with Gasteiger partial charge in [0.1, 0.15) is 11.5 Å². The van der Waals surface area contributed by atoms with E-state index in [1.165, 1.54) is 0 Å². The number of nitrogens with one attached hydrogen (secondary N) is 2. The molecule has 1 aromatic heterocycles. The highest BCUT2D eigenvalue weighted by Crippen LogP contribution is 2.26. The summed E-state index contributed by atoms with van der Waals surface area (Å²) in [5, 5.41) is 5.57. The minimum absolute atomic E-state index is 0.0234. The van der Waals surface area contributed by atoms with Crippen molar-refractivity contribution in [1.82, 2.24) is 0 Å². The maximum Gasteiger partial charge on any atom is 0.259 e. The summed E-state index contributed by atoms with van der Waals surface area (Å²) < 4.78 is 5.35. The zero-order chi connectivity index (χ0) is 14.3. The van der Waals surface area contributed by atoms with Crippen LogP contribution in [0.5, 0.6) is 0 Å². The van der Waals surface area contributed by atoms with Crippen LogP contribution in [0.2, 0.25) is 0 Å². The molecular formula is C15H14N2O3. The lowest BCUT2D eigenvalue weighted by molar-refractivity contribution is -0.115. The third-order valence-electron chi connectivity index (χ3n) is 3.27. The molecule has 0 unspecified atom stereocenters. The lowest BCUT2D eigenvalue weighted by Gasteiger charge is -2.06. The van der Waals surface area contributed by atoms with E-state index in [-0.39, 0.29) is 11.8 Å². The number of furan rings is 1. The molecule has 2 heterocycles. The van der Waals surface area contributed by atoms with Crippen molar-refractivity contribution in [1.29, 1.82) is 0 Å². The number of benzene rings is 1. The van der Waals surface area contributed by atoms with Crippen molar-refractivity contribution in [2.45, 2.75) is 20.3 Å². The van der Waals surface area contributed by atoms with Crippen LogP contribution in [0.15, 0.2) is 28.7 Å². The Kier molecular flexibility index (Phi) is 2.82. The summed E-state index contributed by atoms with van der Waals surface area (Å²) in [5.41, 5.74) is 2.90. The Bertz CT molecular complexity index is 716. The number of amides is 2. The van der Waals surface area contributed by atoms with Gasteiger partial charge in [0, 0.05) is 11.4 Å². The first-order valence-electron chi connectivity index (χ1n) is 6.34. The molecule has 2 N–H and O–H groups in total. The first-order valence-corrected chi connectivity index (χ1v) is 6.34. The fraction of sp³-hybridized carbons (Fsp3) is 0.200. The second-order valence-corrected chi connectivity index (χ2v) is 4.88. The fourth-order valence-corrected chi connectivity index (χ4v) is 2.36. The van der Waals surface area contributed by atoms with Crippen LogP contribution in [0.25, 0.3) is 0 Å². The summed E-state index contributed by atoms with van der Waals surface area (Å²) in [6, 6.07) is 7.09. The van der Waals surface area contributed by atoms with Gasteiger partial charge in [-0.3, -0.25) is 9.59 Å². The third-order valence-corrected chi connectivity index (χ3v) is 3.27. The van der Waals surface area contributed by atoms with Crippen molar-refractivity contribution >= 4 is 23.2 Å². The Labute approximate surface area is 116 Å². The largest absolute Gasteiger partial charge is 0.466 e.